The van der Waals surface area contributed by atoms with Gasteiger partial charge < -0.3 is 15.7 Å². The van der Waals surface area contributed by atoms with Crippen molar-refractivity contribution in [2.75, 3.05) is 6.26 Å². The number of nitrogens with two attached hydrogens (primary N) is 1. The number of benzene rings is 1. The fourth-order valence-corrected chi connectivity index (χ4v) is 1.58. The maximum Gasteiger partial charge on any atom is 0.180 e. The molecule has 0 spiro atoms. The molecule has 0 radical (unpaired) electrons. The van der Waals surface area contributed by atoms with Gasteiger partial charge >= 0.3 is 0 Å². The largest absolute Gasteiger partial charge is 0.482 e. The number of rotatable bonds is 4. The first kappa shape index (κ1) is 11.7. The molecule has 1 aromatic rings. The van der Waals surface area contributed by atoms with Crippen LogP contribution < -0.4 is 10.5 Å². The fourth-order valence-electron chi connectivity index (χ4n) is 1.05. The Bertz CT molecular complexity index is 355. The minimum absolute atomic E-state index is 0.0610. The van der Waals surface area contributed by atoms with Crippen LogP contribution in [0, 0.1) is 0 Å². The molecule has 0 saturated carbocycles. The summed E-state index contributed by atoms with van der Waals surface area (Å²) in [5.74, 6) is 0.801. The van der Waals surface area contributed by atoms with Gasteiger partial charge in [0.25, 0.3) is 0 Å². The Balaban J connectivity index is 2.80. The number of hydrogen-bond donors (Lipinski definition) is 2. The molecule has 1 rings (SSSR count). The lowest BCUT2D eigenvalue weighted by atomic mass is 10.3. The third kappa shape index (κ3) is 3.06. The van der Waals surface area contributed by atoms with Crippen molar-refractivity contribution < 1.29 is 9.94 Å². The zero-order valence-electron chi connectivity index (χ0n) is 8.68. The molecule has 0 fully saturated rings. The predicted molar refractivity (Wildman–Crippen MR) is 61.7 cm³/mol. The lowest BCUT2D eigenvalue weighted by molar-refractivity contribution is 0.261. The van der Waals surface area contributed by atoms with Crippen LogP contribution in [0.15, 0.2) is 34.3 Å². The van der Waals surface area contributed by atoms with Gasteiger partial charge in [-0.25, -0.2) is 0 Å². The second kappa shape index (κ2) is 5.50. The summed E-state index contributed by atoms with van der Waals surface area (Å²) in [6.07, 6.45) is 1.53. The molecule has 1 aromatic carbocycles. The topological polar surface area (TPSA) is 67.8 Å². The van der Waals surface area contributed by atoms with Gasteiger partial charge in [-0.3, -0.25) is 0 Å². The number of nitrogens with zero attached hydrogens (tertiary/aromatic N) is 1. The quantitative estimate of drug-likeness (QED) is 0.270. The molecule has 0 saturated heterocycles. The van der Waals surface area contributed by atoms with Crippen LogP contribution in [0.3, 0.4) is 0 Å². The number of hydrogen-bond acceptors (Lipinski definition) is 4. The first-order chi connectivity index (χ1) is 7.19. The van der Waals surface area contributed by atoms with Crippen molar-refractivity contribution in [2.24, 2.45) is 10.9 Å². The highest BCUT2D eigenvalue weighted by molar-refractivity contribution is 7.98. The summed E-state index contributed by atoms with van der Waals surface area (Å²) in [4.78, 5) is 1.02. The van der Waals surface area contributed by atoms with Crippen LogP contribution in [-0.4, -0.2) is 23.4 Å². The molecule has 0 aliphatic carbocycles. The van der Waals surface area contributed by atoms with E-state index in [0.29, 0.717) is 0 Å². The van der Waals surface area contributed by atoms with Crippen LogP contribution >= 0.6 is 11.8 Å². The number of thioether (sulfide) groups is 1. The van der Waals surface area contributed by atoms with Crippen LogP contribution in [0.2, 0.25) is 0 Å². The third-order valence-corrected chi connectivity index (χ3v) is 2.68. The van der Waals surface area contributed by atoms with Crippen LogP contribution in [0.5, 0.6) is 5.75 Å². The van der Waals surface area contributed by atoms with Crippen molar-refractivity contribution >= 4 is 17.6 Å². The summed E-state index contributed by atoms with van der Waals surface area (Å²) in [5.41, 5.74) is 5.42. The van der Waals surface area contributed by atoms with E-state index in [2.05, 4.69) is 5.16 Å². The SMILES string of the molecule is CSc1ccccc1OC(C)C(N)=NO. The molecule has 0 bridgehead atoms. The smallest absolute Gasteiger partial charge is 0.180 e. The molecule has 0 amide bonds. The molecule has 0 heterocycles. The van der Waals surface area contributed by atoms with E-state index in [1.807, 2.05) is 30.5 Å². The van der Waals surface area contributed by atoms with Gasteiger partial charge in [0, 0.05) is 4.90 Å². The van der Waals surface area contributed by atoms with Gasteiger partial charge in [-0.2, -0.15) is 0 Å². The average Bonchev–Trinajstić information content (AvgIpc) is 2.28. The predicted octanol–water partition coefficient (Wildman–Crippen LogP) is 1.92. The lowest BCUT2D eigenvalue weighted by Gasteiger charge is -2.15. The highest BCUT2D eigenvalue weighted by atomic mass is 32.2. The number of para-hydroxylation sites is 1. The van der Waals surface area contributed by atoms with Crippen molar-refractivity contribution in [2.45, 2.75) is 17.9 Å². The average molecular weight is 226 g/mol. The molecule has 5 heteroatoms. The van der Waals surface area contributed by atoms with Gasteiger partial charge in [-0.1, -0.05) is 17.3 Å². The van der Waals surface area contributed by atoms with Crippen molar-refractivity contribution in [3.8, 4) is 5.75 Å². The summed E-state index contributed by atoms with van der Waals surface area (Å²) < 4.78 is 5.55. The molecular formula is C10H14N2O2S. The van der Waals surface area contributed by atoms with E-state index in [4.69, 9.17) is 15.7 Å². The zero-order chi connectivity index (χ0) is 11.3. The Morgan fingerprint density at radius 1 is 1.53 bits per heavy atom. The molecule has 1 atom stereocenters. The Hall–Kier alpha value is -1.36. The molecule has 15 heavy (non-hydrogen) atoms. The van der Waals surface area contributed by atoms with Gasteiger partial charge in [0.15, 0.2) is 11.9 Å². The maximum absolute atomic E-state index is 8.49. The summed E-state index contributed by atoms with van der Waals surface area (Å²) in [6, 6.07) is 7.63. The number of ether oxygens (including phenoxy) is 1. The monoisotopic (exact) mass is 226 g/mol. The minimum Gasteiger partial charge on any atom is -0.482 e. The van der Waals surface area contributed by atoms with E-state index in [9.17, 15) is 0 Å². The molecule has 3 N–H and O–H groups in total. The van der Waals surface area contributed by atoms with E-state index in [1.165, 1.54) is 0 Å². The summed E-state index contributed by atoms with van der Waals surface area (Å²) in [6.45, 7) is 1.73. The first-order valence-corrected chi connectivity index (χ1v) is 5.68. The van der Waals surface area contributed by atoms with Crippen molar-refractivity contribution in [1.82, 2.24) is 0 Å². The van der Waals surface area contributed by atoms with Gasteiger partial charge in [-0.05, 0) is 25.3 Å². The Morgan fingerprint density at radius 2 is 2.20 bits per heavy atom. The highest BCUT2D eigenvalue weighted by Crippen LogP contribution is 2.27. The molecule has 4 nitrogen and oxygen atoms in total. The zero-order valence-corrected chi connectivity index (χ0v) is 9.49. The summed E-state index contributed by atoms with van der Waals surface area (Å²) in [7, 11) is 0. The van der Waals surface area contributed by atoms with Crippen LogP contribution in [0.25, 0.3) is 0 Å². The lowest BCUT2D eigenvalue weighted by Crippen LogP contribution is -2.31. The second-order valence-electron chi connectivity index (χ2n) is 2.94. The molecule has 1 unspecified atom stereocenters. The number of oxime groups is 1. The molecule has 0 aromatic heterocycles. The van der Waals surface area contributed by atoms with Gasteiger partial charge in [0.1, 0.15) is 5.75 Å². The minimum atomic E-state index is -0.441. The summed E-state index contributed by atoms with van der Waals surface area (Å²) >= 11 is 1.59. The third-order valence-electron chi connectivity index (χ3n) is 1.90. The van der Waals surface area contributed by atoms with Crippen molar-refractivity contribution in [1.29, 1.82) is 0 Å². The Morgan fingerprint density at radius 3 is 2.80 bits per heavy atom. The standard InChI is InChI=1S/C10H14N2O2S/c1-7(10(11)12-13)14-8-5-3-4-6-9(8)15-2/h3-7,13H,1-2H3,(H2,11,12). The van der Waals surface area contributed by atoms with E-state index in [1.54, 1.807) is 18.7 Å². The van der Waals surface area contributed by atoms with E-state index in [0.717, 1.165) is 10.6 Å². The Labute approximate surface area is 93.1 Å². The molecule has 0 aliphatic rings. The van der Waals surface area contributed by atoms with Crippen molar-refractivity contribution in [3.05, 3.63) is 24.3 Å². The number of amidine groups is 1. The Kier molecular flexibility index (Phi) is 4.30. The van der Waals surface area contributed by atoms with Crippen LogP contribution in [0.1, 0.15) is 6.92 Å². The first-order valence-electron chi connectivity index (χ1n) is 4.46. The molecular weight excluding hydrogens is 212 g/mol. The second-order valence-corrected chi connectivity index (χ2v) is 3.78. The van der Waals surface area contributed by atoms with Gasteiger partial charge in [0.05, 0.1) is 0 Å². The highest BCUT2D eigenvalue weighted by Gasteiger charge is 2.11. The fraction of sp³-hybridized carbons (Fsp3) is 0.300. The van der Waals surface area contributed by atoms with Gasteiger partial charge in [-0.15, -0.1) is 11.8 Å². The normalized spacial score (nSPS) is 13.6. The van der Waals surface area contributed by atoms with Crippen molar-refractivity contribution in [3.63, 3.8) is 0 Å². The maximum atomic E-state index is 8.49. The van der Waals surface area contributed by atoms with Crippen LogP contribution in [-0.2, 0) is 0 Å². The molecule has 82 valence electrons. The summed E-state index contributed by atoms with van der Waals surface area (Å²) in [5, 5.41) is 11.4. The van der Waals surface area contributed by atoms with Gasteiger partial charge in [0.2, 0.25) is 0 Å². The van der Waals surface area contributed by atoms with E-state index in [-0.39, 0.29) is 5.84 Å². The van der Waals surface area contributed by atoms with Crippen LogP contribution in [0.4, 0.5) is 0 Å². The molecule has 0 aliphatic heterocycles. The van der Waals surface area contributed by atoms with E-state index < -0.39 is 6.10 Å². The van der Waals surface area contributed by atoms with E-state index >= 15 is 0 Å².